The second-order valence-corrected chi connectivity index (χ2v) is 5.23. The molecule has 2 aromatic carbocycles. The minimum atomic E-state index is -0.701. The first kappa shape index (κ1) is 15.8. The Morgan fingerprint density at radius 2 is 1.75 bits per heavy atom. The van der Waals surface area contributed by atoms with E-state index in [4.69, 9.17) is 14.0 Å². The minimum absolute atomic E-state index is 0.0393. The van der Waals surface area contributed by atoms with Gasteiger partial charge in [-0.15, -0.1) is 0 Å². The van der Waals surface area contributed by atoms with Crippen molar-refractivity contribution in [3.8, 4) is 17.1 Å². The molecule has 24 heavy (non-hydrogen) atoms. The number of para-hydroxylation sites is 1. The van der Waals surface area contributed by atoms with Crippen molar-refractivity contribution in [3.63, 3.8) is 0 Å². The summed E-state index contributed by atoms with van der Waals surface area (Å²) >= 11 is 0. The summed E-state index contributed by atoms with van der Waals surface area (Å²) in [5.74, 6) is 0.799. The van der Waals surface area contributed by atoms with Gasteiger partial charge in [0, 0.05) is 11.6 Å². The lowest BCUT2D eigenvalue weighted by molar-refractivity contribution is -0.152. The third-order valence-corrected chi connectivity index (χ3v) is 3.37. The standard InChI is InChI=1S/C19H17NO4/c1-14(23-17-10-6-3-7-11-17)19(21)22-13-16-12-18(24-20-16)15-8-4-2-5-9-15/h2-12,14H,13H2,1H3. The molecule has 1 atom stereocenters. The van der Waals surface area contributed by atoms with E-state index in [1.807, 2.05) is 48.5 Å². The minimum Gasteiger partial charge on any atom is -0.479 e. The summed E-state index contributed by atoms with van der Waals surface area (Å²) < 4.78 is 16.0. The SMILES string of the molecule is CC(Oc1ccccc1)C(=O)OCc1cc(-c2ccccc2)on1. The Labute approximate surface area is 139 Å². The molecule has 0 spiro atoms. The maximum atomic E-state index is 12.0. The highest BCUT2D eigenvalue weighted by atomic mass is 16.6. The van der Waals surface area contributed by atoms with E-state index in [-0.39, 0.29) is 6.61 Å². The summed E-state index contributed by atoms with van der Waals surface area (Å²) in [6.07, 6.45) is -0.701. The number of rotatable bonds is 6. The van der Waals surface area contributed by atoms with Gasteiger partial charge < -0.3 is 14.0 Å². The van der Waals surface area contributed by atoms with Crippen LogP contribution in [-0.4, -0.2) is 17.2 Å². The van der Waals surface area contributed by atoms with E-state index < -0.39 is 12.1 Å². The van der Waals surface area contributed by atoms with Crippen molar-refractivity contribution in [3.05, 3.63) is 72.4 Å². The number of aromatic nitrogens is 1. The fraction of sp³-hybridized carbons (Fsp3) is 0.158. The largest absolute Gasteiger partial charge is 0.479 e. The second kappa shape index (κ2) is 7.46. The number of carbonyl (C=O) groups excluding carboxylic acids is 1. The van der Waals surface area contributed by atoms with Crippen molar-refractivity contribution in [1.29, 1.82) is 0 Å². The van der Waals surface area contributed by atoms with Crippen LogP contribution >= 0.6 is 0 Å². The number of nitrogens with zero attached hydrogens (tertiary/aromatic N) is 1. The Morgan fingerprint density at radius 3 is 2.46 bits per heavy atom. The van der Waals surface area contributed by atoms with Gasteiger partial charge in [0.1, 0.15) is 18.1 Å². The van der Waals surface area contributed by atoms with Gasteiger partial charge >= 0.3 is 5.97 Å². The number of hydrogen-bond donors (Lipinski definition) is 0. The molecule has 0 aliphatic heterocycles. The number of hydrogen-bond acceptors (Lipinski definition) is 5. The van der Waals surface area contributed by atoms with E-state index >= 15 is 0 Å². The zero-order chi connectivity index (χ0) is 16.8. The Hall–Kier alpha value is -3.08. The van der Waals surface area contributed by atoms with E-state index in [2.05, 4.69) is 5.16 Å². The average Bonchev–Trinajstić information content (AvgIpc) is 3.10. The summed E-state index contributed by atoms with van der Waals surface area (Å²) in [4.78, 5) is 12.0. The predicted octanol–water partition coefficient (Wildman–Crippen LogP) is 3.85. The van der Waals surface area contributed by atoms with Crippen LogP contribution in [0.4, 0.5) is 0 Å². The number of carbonyl (C=O) groups is 1. The average molecular weight is 323 g/mol. The summed E-state index contributed by atoms with van der Waals surface area (Å²) in [5.41, 5.74) is 1.47. The molecule has 0 saturated heterocycles. The summed E-state index contributed by atoms with van der Waals surface area (Å²) in [5, 5.41) is 3.91. The molecular weight excluding hydrogens is 306 g/mol. The van der Waals surface area contributed by atoms with Crippen LogP contribution in [0, 0.1) is 0 Å². The van der Waals surface area contributed by atoms with E-state index in [1.54, 1.807) is 25.1 Å². The molecule has 1 aromatic heterocycles. The fourth-order valence-electron chi connectivity index (χ4n) is 2.13. The monoisotopic (exact) mass is 323 g/mol. The molecule has 1 heterocycles. The van der Waals surface area contributed by atoms with Crippen LogP contribution in [0.1, 0.15) is 12.6 Å². The zero-order valence-electron chi connectivity index (χ0n) is 13.2. The van der Waals surface area contributed by atoms with Gasteiger partial charge in [0.2, 0.25) is 0 Å². The van der Waals surface area contributed by atoms with Gasteiger partial charge in [0.25, 0.3) is 0 Å². The van der Waals surface area contributed by atoms with E-state index in [9.17, 15) is 4.79 Å². The van der Waals surface area contributed by atoms with E-state index in [0.29, 0.717) is 17.2 Å². The molecular formula is C19H17NO4. The van der Waals surface area contributed by atoms with Gasteiger partial charge in [-0.05, 0) is 19.1 Å². The fourth-order valence-corrected chi connectivity index (χ4v) is 2.13. The number of esters is 1. The van der Waals surface area contributed by atoms with Crippen LogP contribution in [0.5, 0.6) is 5.75 Å². The Morgan fingerprint density at radius 1 is 1.08 bits per heavy atom. The van der Waals surface area contributed by atoms with Crippen molar-refractivity contribution in [2.24, 2.45) is 0 Å². The molecule has 0 bridgehead atoms. The van der Waals surface area contributed by atoms with Crippen molar-refractivity contribution in [2.45, 2.75) is 19.6 Å². The van der Waals surface area contributed by atoms with Crippen molar-refractivity contribution in [2.75, 3.05) is 0 Å². The van der Waals surface area contributed by atoms with Crippen LogP contribution in [0.25, 0.3) is 11.3 Å². The maximum Gasteiger partial charge on any atom is 0.347 e. The molecule has 3 rings (SSSR count). The summed E-state index contributed by atoms with van der Waals surface area (Å²) in [7, 11) is 0. The summed E-state index contributed by atoms with van der Waals surface area (Å²) in [6, 6.07) is 20.5. The van der Waals surface area contributed by atoms with Crippen LogP contribution in [0.2, 0.25) is 0 Å². The third-order valence-electron chi connectivity index (χ3n) is 3.37. The highest BCUT2D eigenvalue weighted by molar-refractivity contribution is 5.74. The molecule has 0 amide bonds. The van der Waals surface area contributed by atoms with E-state index in [1.165, 1.54) is 0 Å². The first-order valence-corrected chi connectivity index (χ1v) is 7.62. The van der Waals surface area contributed by atoms with Gasteiger partial charge in [0.05, 0.1) is 0 Å². The van der Waals surface area contributed by atoms with Gasteiger partial charge in [-0.3, -0.25) is 0 Å². The van der Waals surface area contributed by atoms with Crippen molar-refractivity contribution in [1.82, 2.24) is 5.16 Å². The Balaban J connectivity index is 1.54. The number of benzene rings is 2. The maximum absolute atomic E-state index is 12.0. The van der Waals surface area contributed by atoms with Gasteiger partial charge in [-0.25, -0.2) is 4.79 Å². The van der Waals surface area contributed by atoms with Crippen LogP contribution in [0.15, 0.2) is 71.3 Å². The van der Waals surface area contributed by atoms with Crippen LogP contribution in [-0.2, 0) is 16.1 Å². The molecule has 0 radical (unpaired) electrons. The lowest BCUT2D eigenvalue weighted by Crippen LogP contribution is -2.26. The second-order valence-electron chi connectivity index (χ2n) is 5.23. The lowest BCUT2D eigenvalue weighted by Gasteiger charge is -2.13. The molecule has 0 fully saturated rings. The van der Waals surface area contributed by atoms with Gasteiger partial charge in [-0.2, -0.15) is 0 Å². The number of ether oxygens (including phenoxy) is 2. The van der Waals surface area contributed by atoms with Crippen LogP contribution < -0.4 is 4.74 Å². The first-order valence-electron chi connectivity index (χ1n) is 7.62. The molecule has 0 aliphatic carbocycles. The molecule has 0 saturated carbocycles. The molecule has 0 N–H and O–H groups in total. The Bertz CT molecular complexity index is 783. The smallest absolute Gasteiger partial charge is 0.347 e. The van der Waals surface area contributed by atoms with Gasteiger partial charge in [-0.1, -0.05) is 53.7 Å². The highest BCUT2D eigenvalue weighted by Gasteiger charge is 2.17. The van der Waals surface area contributed by atoms with Crippen molar-refractivity contribution >= 4 is 5.97 Å². The van der Waals surface area contributed by atoms with E-state index in [0.717, 1.165) is 5.56 Å². The van der Waals surface area contributed by atoms with Crippen molar-refractivity contribution < 1.29 is 18.8 Å². The van der Waals surface area contributed by atoms with Crippen LogP contribution in [0.3, 0.4) is 0 Å². The third kappa shape index (κ3) is 4.01. The quantitative estimate of drug-likeness (QED) is 0.645. The zero-order valence-corrected chi connectivity index (χ0v) is 13.2. The molecule has 5 heteroatoms. The molecule has 3 aromatic rings. The van der Waals surface area contributed by atoms with Gasteiger partial charge in [0.15, 0.2) is 11.9 Å². The topological polar surface area (TPSA) is 61.6 Å². The molecule has 0 aliphatic rings. The molecule has 5 nitrogen and oxygen atoms in total. The highest BCUT2D eigenvalue weighted by Crippen LogP contribution is 2.20. The lowest BCUT2D eigenvalue weighted by atomic mass is 10.2. The normalized spacial score (nSPS) is 11.7. The molecule has 122 valence electrons. The first-order chi connectivity index (χ1) is 11.7. The summed E-state index contributed by atoms with van der Waals surface area (Å²) in [6.45, 7) is 1.69. The Kier molecular flexibility index (Phi) is 4.91. The molecule has 1 unspecified atom stereocenters. The predicted molar refractivity (Wildman–Crippen MR) is 88.3 cm³/mol.